The molecule has 142 valence electrons. The highest BCUT2D eigenvalue weighted by Crippen LogP contribution is 2.27. The zero-order valence-electron chi connectivity index (χ0n) is 14.9. The van der Waals surface area contributed by atoms with Crippen LogP contribution in [0.15, 0.2) is 60.3 Å². The first kappa shape index (κ1) is 18.1. The van der Waals surface area contributed by atoms with Crippen LogP contribution in [0.25, 0.3) is 17.0 Å². The molecule has 1 N–H and O–H groups in total. The van der Waals surface area contributed by atoms with Gasteiger partial charge in [0.25, 0.3) is 11.8 Å². The monoisotopic (exact) mass is 388 g/mol. The first-order valence-corrected chi connectivity index (χ1v) is 8.62. The van der Waals surface area contributed by atoms with Crippen LogP contribution in [0, 0.1) is 17.1 Å². The van der Waals surface area contributed by atoms with Crippen LogP contribution >= 0.6 is 0 Å². The van der Waals surface area contributed by atoms with Gasteiger partial charge in [0.1, 0.15) is 17.9 Å². The van der Waals surface area contributed by atoms with Gasteiger partial charge in [-0.15, -0.1) is 0 Å². The van der Waals surface area contributed by atoms with E-state index in [0.717, 1.165) is 17.0 Å². The highest BCUT2D eigenvalue weighted by atomic mass is 19.1. The van der Waals surface area contributed by atoms with Crippen LogP contribution in [-0.4, -0.2) is 22.4 Å². The number of urea groups is 1. The number of barbiturate groups is 1. The number of hydrogen-bond acceptors (Lipinski definition) is 4. The second-order valence-corrected chi connectivity index (χ2v) is 6.30. The second kappa shape index (κ2) is 7.05. The van der Waals surface area contributed by atoms with Crippen molar-refractivity contribution < 1.29 is 18.8 Å². The molecule has 1 aliphatic rings. The number of benzene rings is 2. The van der Waals surface area contributed by atoms with Crippen molar-refractivity contribution in [3.63, 3.8) is 0 Å². The van der Waals surface area contributed by atoms with Crippen molar-refractivity contribution in [1.29, 1.82) is 5.26 Å². The van der Waals surface area contributed by atoms with Gasteiger partial charge in [0.15, 0.2) is 0 Å². The smallest absolute Gasteiger partial charge is 0.333 e. The van der Waals surface area contributed by atoms with Gasteiger partial charge in [0, 0.05) is 22.7 Å². The summed E-state index contributed by atoms with van der Waals surface area (Å²) in [5.74, 6) is -2.57. The van der Waals surface area contributed by atoms with Gasteiger partial charge in [-0.2, -0.15) is 5.26 Å². The molecule has 0 spiro atoms. The number of halogens is 1. The van der Waals surface area contributed by atoms with Crippen LogP contribution in [0.5, 0.6) is 0 Å². The fourth-order valence-corrected chi connectivity index (χ4v) is 3.26. The van der Waals surface area contributed by atoms with Crippen molar-refractivity contribution >= 4 is 40.5 Å². The normalized spacial score (nSPS) is 15.7. The van der Waals surface area contributed by atoms with Crippen molar-refractivity contribution in [2.45, 2.75) is 6.54 Å². The van der Waals surface area contributed by atoms with Crippen LogP contribution in [-0.2, 0) is 16.1 Å². The van der Waals surface area contributed by atoms with Gasteiger partial charge in [0.05, 0.1) is 11.8 Å². The topological polar surface area (TPSA) is 95.2 Å². The predicted octanol–water partition coefficient (Wildman–Crippen LogP) is 2.97. The highest BCUT2D eigenvalue weighted by molar-refractivity contribution is 6.39. The van der Waals surface area contributed by atoms with Crippen LogP contribution in [0.2, 0.25) is 0 Å². The number of para-hydroxylation sites is 2. The molecule has 2 aromatic carbocycles. The number of carbonyl (C=O) groups excluding carboxylic acids is 3. The number of imide groups is 2. The number of rotatable bonds is 3. The summed E-state index contributed by atoms with van der Waals surface area (Å²) in [4.78, 5) is 38.1. The second-order valence-electron chi connectivity index (χ2n) is 6.30. The Bertz CT molecular complexity index is 1250. The number of fused-ring (bicyclic) bond motifs is 1. The molecule has 0 radical (unpaired) electrons. The van der Waals surface area contributed by atoms with E-state index in [-0.39, 0.29) is 17.8 Å². The summed E-state index contributed by atoms with van der Waals surface area (Å²) < 4.78 is 15.8. The molecule has 0 unspecified atom stereocenters. The maximum atomic E-state index is 14.2. The molecule has 1 aromatic heterocycles. The van der Waals surface area contributed by atoms with Crippen molar-refractivity contribution in [3.8, 4) is 6.07 Å². The van der Waals surface area contributed by atoms with Crippen LogP contribution in [0.4, 0.5) is 14.9 Å². The number of hydrogen-bond donors (Lipinski definition) is 1. The minimum absolute atomic E-state index is 0.0870. The van der Waals surface area contributed by atoms with Crippen molar-refractivity contribution in [2.75, 3.05) is 4.90 Å². The first-order valence-electron chi connectivity index (χ1n) is 8.62. The van der Waals surface area contributed by atoms with Crippen LogP contribution < -0.4 is 10.2 Å². The lowest BCUT2D eigenvalue weighted by Crippen LogP contribution is -2.54. The minimum atomic E-state index is -1.02. The molecule has 8 heteroatoms. The number of nitrogens with zero attached hydrogens (tertiary/aromatic N) is 3. The number of nitrogens with one attached hydrogen (secondary N) is 1. The molecule has 0 saturated carbocycles. The Hall–Kier alpha value is -4.25. The Morgan fingerprint density at radius 2 is 1.79 bits per heavy atom. The Morgan fingerprint density at radius 3 is 2.55 bits per heavy atom. The molecule has 7 nitrogen and oxygen atoms in total. The lowest BCUT2D eigenvalue weighted by molar-refractivity contribution is -0.122. The van der Waals surface area contributed by atoms with Gasteiger partial charge in [-0.05, 0) is 24.3 Å². The molecule has 3 aromatic rings. The Balaban J connectivity index is 1.83. The fourth-order valence-electron chi connectivity index (χ4n) is 3.26. The third-order valence-corrected chi connectivity index (χ3v) is 4.56. The summed E-state index contributed by atoms with van der Waals surface area (Å²) in [6.07, 6.45) is 2.99. The SMILES string of the molecule is N#CCn1cc(/C=C2\C(=O)NC(=O)N(c3ccccc3F)C2=O)c2ccccc21. The summed E-state index contributed by atoms with van der Waals surface area (Å²) >= 11 is 0. The number of aromatic nitrogens is 1. The molecule has 4 rings (SSSR count). The number of anilines is 1. The van der Waals surface area contributed by atoms with Gasteiger partial charge in [-0.25, -0.2) is 14.1 Å². The summed E-state index contributed by atoms with van der Waals surface area (Å²) in [7, 11) is 0. The number of carbonyl (C=O) groups is 3. The minimum Gasteiger partial charge on any atom is -0.333 e. The molecular formula is C21H13FN4O3. The van der Waals surface area contributed by atoms with E-state index >= 15 is 0 Å². The van der Waals surface area contributed by atoms with Crippen LogP contribution in [0.3, 0.4) is 0 Å². The third kappa shape index (κ3) is 3.04. The zero-order chi connectivity index (χ0) is 20.5. The summed E-state index contributed by atoms with van der Waals surface area (Å²) in [6, 6.07) is 13.5. The van der Waals surface area contributed by atoms with E-state index in [4.69, 9.17) is 5.26 Å². The number of amides is 4. The van der Waals surface area contributed by atoms with Gasteiger partial charge < -0.3 is 4.57 Å². The van der Waals surface area contributed by atoms with E-state index in [1.165, 1.54) is 24.3 Å². The molecule has 29 heavy (non-hydrogen) atoms. The van der Waals surface area contributed by atoms with Gasteiger partial charge in [-0.3, -0.25) is 14.9 Å². The van der Waals surface area contributed by atoms with Crippen molar-refractivity contribution in [2.24, 2.45) is 0 Å². The molecular weight excluding hydrogens is 375 g/mol. The predicted molar refractivity (Wildman–Crippen MR) is 103 cm³/mol. The van der Waals surface area contributed by atoms with E-state index in [0.29, 0.717) is 10.5 Å². The largest absolute Gasteiger partial charge is 0.336 e. The lowest BCUT2D eigenvalue weighted by atomic mass is 10.1. The standard InChI is InChI=1S/C21H13FN4O3/c22-16-6-2-4-8-18(16)26-20(28)15(19(27)24-21(26)29)11-13-12-25(10-9-23)17-7-3-1-5-14(13)17/h1-8,11-12H,10H2,(H,24,27,29)/b15-11+. The van der Waals surface area contributed by atoms with E-state index in [2.05, 4.69) is 11.4 Å². The van der Waals surface area contributed by atoms with Crippen molar-refractivity contribution in [1.82, 2.24) is 9.88 Å². The molecule has 1 saturated heterocycles. The first-order chi connectivity index (χ1) is 14.0. The molecule has 0 bridgehead atoms. The van der Waals surface area contributed by atoms with Gasteiger partial charge in [-0.1, -0.05) is 30.3 Å². The average Bonchev–Trinajstić information content (AvgIpc) is 3.04. The Kier molecular flexibility index (Phi) is 4.41. The van der Waals surface area contributed by atoms with E-state index in [1.54, 1.807) is 22.9 Å². The van der Waals surface area contributed by atoms with Crippen LogP contribution in [0.1, 0.15) is 5.56 Å². The Labute approximate surface area is 164 Å². The quantitative estimate of drug-likeness (QED) is 0.551. The van der Waals surface area contributed by atoms with Gasteiger partial charge in [0.2, 0.25) is 0 Å². The van der Waals surface area contributed by atoms with Gasteiger partial charge >= 0.3 is 6.03 Å². The molecule has 0 aliphatic carbocycles. The average molecular weight is 388 g/mol. The highest BCUT2D eigenvalue weighted by Gasteiger charge is 2.38. The molecule has 1 aliphatic heterocycles. The summed E-state index contributed by atoms with van der Waals surface area (Å²) in [5.41, 5.74) is 0.719. The number of nitriles is 1. The molecule has 2 heterocycles. The summed E-state index contributed by atoms with van der Waals surface area (Å²) in [6.45, 7) is 0.0870. The van der Waals surface area contributed by atoms with E-state index in [1.807, 2.05) is 12.1 Å². The maximum absolute atomic E-state index is 14.2. The van der Waals surface area contributed by atoms with Crippen molar-refractivity contribution in [3.05, 3.63) is 71.7 Å². The Morgan fingerprint density at radius 1 is 1.07 bits per heavy atom. The van der Waals surface area contributed by atoms with E-state index < -0.39 is 23.7 Å². The zero-order valence-corrected chi connectivity index (χ0v) is 14.9. The molecule has 4 amide bonds. The third-order valence-electron chi connectivity index (χ3n) is 4.56. The molecule has 0 atom stereocenters. The maximum Gasteiger partial charge on any atom is 0.336 e. The lowest BCUT2D eigenvalue weighted by Gasteiger charge is -2.26. The molecule has 1 fully saturated rings. The van der Waals surface area contributed by atoms with E-state index in [9.17, 15) is 18.8 Å². The summed E-state index contributed by atoms with van der Waals surface area (Å²) in [5, 5.41) is 11.8. The fraction of sp³-hybridized carbons (Fsp3) is 0.0476.